The van der Waals surface area contributed by atoms with E-state index in [2.05, 4.69) is 15.6 Å². The maximum atomic E-state index is 13.8. The topological polar surface area (TPSA) is 66.0 Å². The van der Waals surface area contributed by atoms with E-state index in [4.69, 9.17) is 4.74 Å². The van der Waals surface area contributed by atoms with Gasteiger partial charge < -0.3 is 20.3 Å². The normalized spacial score (nSPS) is 18.5. The zero-order valence-electron chi connectivity index (χ0n) is 19.7. The Balaban J connectivity index is 0.00000385. The van der Waals surface area contributed by atoms with Crippen molar-refractivity contribution in [3.8, 4) is 0 Å². The predicted octanol–water partition coefficient (Wildman–Crippen LogP) is 4.26. The molecule has 2 unspecified atom stereocenters. The molecule has 2 atom stereocenters. The van der Waals surface area contributed by atoms with Gasteiger partial charge in [0.05, 0.1) is 18.8 Å². The molecule has 1 amide bonds. The molecule has 180 valence electrons. The number of carbonyl (C=O) groups is 1. The highest BCUT2D eigenvalue weighted by Gasteiger charge is 2.26. The number of aryl methyl sites for hydroxylation is 1. The molecule has 0 radical (unpaired) electrons. The highest BCUT2D eigenvalue weighted by molar-refractivity contribution is 14.0. The van der Waals surface area contributed by atoms with Crippen molar-refractivity contribution in [1.82, 2.24) is 15.5 Å². The molecule has 1 fully saturated rings. The maximum absolute atomic E-state index is 13.8. The Morgan fingerprint density at radius 2 is 1.73 bits per heavy atom. The lowest BCUT2D eigenvalue weighted by atomic mass is 10.1. The van der Waals surface area contributed by atoms with Gasteiger partial charge in [0.15, 0.2) is 5.96 Å². The molecule has 0 spiro atoms. The molecule has 2 aromatic rings. The van der Waals surface area contributed by atoms with E-state index in [1.807, 2.05) is 56.0 Å². The predicted molar refractivity (Wildman–Crippen MR) is 141 cm³/mol. The number of morpholine rings is 1. The number of ether oxygens (including phenoxy) is 1. The first-order valence-corrected chi connectivity index (χ1v) is 11.2. The summed E-state index contributed by atoms with van der Waals surface area (Å²) in [6.45, 7) is 10.6. The molecule has 2 aromatic carbocycles. The van der Waals surface area contributed by atoms with Crippen LogP contribution in [0.2, 0.25) is 0 Å². The molecule has 33 heavy (non-hydrogen) atoms. The minimum Gasteiger partial charge on any atom is -0.372 e. The number of nitrogens with one attached hydrogen (secondary N) is 2. The number of amides is 1. The number of aliphatic imine (C=N–C) groups is 1. The maximum Gasteiger partial charge on any atom is 0.254 e. The first-order valence-electron chi connectivity index (χ1n) is 11.2. The largest absolute Gasteiger partial charge is 0.372 e. The Morgan fingerprint density at radius 3 is 2.33 bits per heavy atom. The number of hydrogen-bond donors (Lipinski definition) is 2. The van der Waals surface area contributed by atoms with E-state index in [0.29, 0.717) is 43.3 Å². The van der Waals surface area contributed by atoms with Crippen LogP contribution in [0.4, 0.5) is 4.39 Å². The van der Waals surface area contributed by atoms with Crippen LogP contribution in [0.3, 0.4) is 0 Å². The molecule has 0 saturated carbocycles. The highest BCUT2D eigenvalue weighted by atomic mass is 127. The Morgan fingerprint density at radius 1 is 1.09 bits per heavy atom. The molecule has 1 aliphatic heterocycles. The van der Waals surface area contributed by atoms with E-state index >= 15 is 0 Å². The van der Waals surface area contributed by atoms with Gasteiger partial charge in [-0.25, -0.2) is 9.38 Å². The second-order valence-corrected chi connectivity index (χ2v) is 8.30. The fraction of sp³-hybridized carbons (Fsp3) is 0.440. The number of guanidine groups is 1. The van der Waals surface area contributed by atoms with E-state index in [0.717, 1.165) is 17.7 Å². The minimum atomic E-state index is -0.216. The van der Waals surface area contributed by atoms with Gasteiger partial charge in [-0.15, -0.1) is 24.0 Å². The fourth-order valence-corrected chi connectivity index (χ4v) is 3.72. The van der Waals surface area contributed by atoms with Crippen LogP contribution >= 0.6 is 24.0 Å². The fourth-order valence-electron chi connectivity index (χ4n) is 3.72. The van der Waals surface area contributed by atoms with Crippen LogP contribution in [0.1, 0.15) is 47.8 Å². The molecule has 0 bridgehead atoms. The van der Waals surface area contributed by atoms with Crippen molar-refractivity contribution < 1.29 is 13.9 Å². The van der Waals surface area contributed by atoms with Crippen LogP contribution in [0.5, 0.6) is 0 Å². The zero-order chi connectivity index (χ0) is 23.1. The standard InChI is InChI=1S/C25H33FN4O2.HI/c1-5-27-25(29-14-21-7-6-17(2)23(26)12-21)28-13-20-8-10-22(11-9-20)24(31)30-15-18(3)32-19(4)16-30;/h6-12,18-19H,5,13-16H2,1-4H3,(H2,27,28,29);1H. The van der Waals surface area contributed by atoms with Crippen LogP contribution < -0.4 is 10.6 Å². The Hall–Kier alpha value is -2.20. The summed E-state index contributed by atoms with van der Waals surface area (Å²) < 4.78 is 19.5. The van der Waals surface area contributed by atoms with Gasteiger partial charge in [0, 0.05) is 31.7 Å². The molecular weight excluding hydrogens is 534 g/mol. The summed E-state index contributed by atoms with van der Waals surface area (Å²) in [4.78, 5) is 19.2. The lowest BCUT2D eigenvalue weighted by Gasteiger charge is -2.35. The first-order chi connectivity index (χ1) is 15.4. The summed E-state index contributed by atoms with van der Waals surface area (Å²) in [6.07, 6.45) is 0.0951. The summed E-state index contributed by atoms with van der Waals surface area (Å²) >= 11 is 0. The molecule has 8 heteroatoms. The number of carbonyl (C=O) groups excluding carboxylic acids is 1. The molecule has 1 aliphatic rings. The molecule has 1 saturated heterocycles. The van der Waals surface area contributed by atoms with Gasteiger partial charge in [0.25, 0.3) is 5.91 Å². The number of nitrogens with zero attached hydrogens (tertiary/aromatic N) is 2. The third-order valence-corrected chi connectivity index (χ3v) is 5.37. The average Bonchev–Trinajstić information content (AvgIpc) is 2.77. The van der Waals surface area contributed by atoms with E-state index in [-0.39, 0.29) is 47.9 Å². The van der Waals surface area contributed by atoms with Gasteiger partial charge in [-0.1, -0.05) is 24.3 Å². The first kappa shape index (κ1) is 27.0. The number of hydrogen-bond acceptors (Lipinski definition) is 3. The number of benzene rings is 2. The molecule has 2 N–H and O–H groups in total. The van der Waals surface area contributed by atoms with Crippen LogP contribution in [0, 0.1) is 12.7 Å². The van der Waals surface area contributed by atoms with Gasteiger partial charge in [0.2, 0.25) is 0 Å². The van der Waals surface area contributed by atoms with Crippen molar-refractivity contribution in [2.24, 2.45) is 4.99 Å². The SMILES string of the molecule is CCNC(=NCc1ccc(C)c(F)c1)NCc1ccc(C(=O)N2CC(C)OC(C)C2)cc1.I. The van der Waals surface area contributed by atoms with Gasteiger partial charge in [-0.05, 0) is 62.6 Å². The smallest absolute Gasteiger partial charge is 0.254 e. The zero-order valence-corrected chi connectivity index (χ0v) is 22.1. The molecule has 6 nitrogen and oxygen atoms in total. The molecule has 1 heterocycles. The van der Waals surface area contributed by atoms with Crippen molar-refractivity contribution in [3.05, 3.63) is 70.5 Å². The van der Waals surface area contributed by atoms with Gasteiger partial charge in [-0.3, -0.25) is 4.79 Å². The summed E-state index contributed by atoms with van der Waals surface area (Å²) in [5.41, 5.74) is 3.16. The van der Waals surface area contributed by atoms with E-state index in [9.17, 15) is 9.18 Å². The Labute approximate surface area is 213 Å². The second-order valence-electron chi connectivity index (χ2n) is 8.30. The third kappa shape index (κ3) is 7.96. The molecular formula is C25H34FIN4O2. The summed E-state index contributed by atoms with van der Waals surface area (Å²) in [6, 6.07) is 12.8. The highest BCUT2D eigenvalue weighted by Crippen LogP contribution is 2.15. The molecule has 0 aliphatic carbocycles. The Bertz CT molecular complexity index is 942. The van der Waals surface area contributed by atoms with Crippen molar-refractivity contribution in [3.63, 3.8) is 0 Å². The van der Waals surface area contributed by atoms with Crippen molar-refractivity contribution in [2.75, 3.05) is 19.6 Å². The van der Waals surface area contributed by atoms with Crippen LogP contribution in [-0.2, 0) is 17.8 Å². The van der Waals surface area contributed by atoms with Crippen LogP contribution in [0.25, 0.3) is 0 Å². The molecule has 0 aromatic heterocycles. The Kier molecular flexibility index (Phi) is 10.6. The molecule has 3 rings (SSSR count). The number of halogens is 2. The third-order valence-electron chi connectivity index (χ3n) is 5.37. The summed E-state index contributed by atoms with van der Waals surface area (Å²) in [7, 11) is 0. The van der Waals surface area contributed by atoms with E-state index < -0.39 is 0 Å². The van der Waals surface area contributed by atoms with Crippen molar-refractivity contribution in [2.45, 2.75) is 53.0 Å². The van der Waals surface area contributed by atoms with Crippen LogP contribution in [-0.4, -0.2) is 48.6 Å². The minimum absolute atomic E-state index is 0. The average molecular weight is 568 g/mol. The summed E-state index contributed by atoms with van der Waals surface area (Å²) in [5.74, 6) is 0.475. The van der Waals surface area contributed by atoms with E-state index in [1.165, 1.54) is 6.07 Å². The van der Waals surface area contributed by atoms with Crippen molar-refractivity contribution >= 4 is 35.8 Å². The van der Waals surface area contributed by atoms with Gasteiger partial charge >= 0.3 is 0 Å². The summed E-state index contributed by atoms with van der Waals surface area (Å²) in [5, 5.41) is 6.49. The lowest BCUT2D eigenvalue weighted by Crippen LogP contribution is -2.48. The van der Waals surface area contributed by atoms with E-state index in [1.54, 1.807) is 13.0 Å². The monoisotopic (exact) mass is 568 g/mol. The van der Waals surface area contributed by atoms with Crippen LogP contribution in [0.15, 0.2) is 47.5 Å². The second kappa shape index (κ2) is 12.9. The lowest BCUT2D eigenvalue weighted by molar-refractivity contribution is -0.0586. The quantitative estimate of drug-likeness (QED) is 0.311. The van der Waals surface area contributed by atoms with Crippen molar-refractivity contribution in [1.29, 1.82) is 0 Å². The number of rotatable bonds is 6. The van der Waals surface area contributed by atoms with Gasteiger partial charge in [-0.2, -0.15) is 0 Å². The van der Waals surface area contributed by atoms with Gasteiger partial charge in [0.1, 0.15) is 5.82 Å².